The van der Waals surface area contributed by atoms with E-state index in [0.717, 1.165) is 0 Å². The fraction of sp³-hybridized carbons (Fsp3) is 0.222. The second-order valence-corrected chi connectivity index (χ2v) is 6.00. The Morgan fingerprint density at radius 3 is 2.64 bits per heavy atom. The van der Waals surface area contributed by atoms with Crippen molar-refractivity contribution in [2.45, 2.75) is 12.5 Å². The summed E-state index contributed by atoms with van der Waals surface area (Å²) >= 11 is 0. The van der Waals surface area contributed by atoms with Gasteiger partial charge in [-0.15, -0.1) is 0 Å². The molecule has 1 atom stereocenters. The summed E-state index contributed by atoms with van der Waals surface area (Å²) in [5.74, 6) is -2.45. The largest absolute Gasteiger partial charge is 0.487 e. The van der Waals surface area contributed by atoms with Crippen LogP contribution in [-0.4, -0.2) is 52.5 Å². The molecule has 1 fully saturated rings. The van der Waals surface area contributed by atoms with Crippen LogP contribution in [-0.2, 0) is 16.0 Å². The van der Waals surface area contributed by atoms with Crippen molar-refractivity contribution in [3.63, 3.8) is 0 Å². The van der Waals surface area contributed by atoms with Gasteiger partial charge in [-0.2, -0.15) is 5.26 Å². The molecule has 10 heteroatoms. The first kappa shape index (κ1) is 18.8. The zero-order chi connectivity index (χ0) is 20.3. The topological polar surface area (TPSA) is 153 Å². The van der Waals surface area contributed by atoms with Gasteiger partial charge in [0.25, 0.3) is 0 Å². The lowest BCUT2D eigenvalue weighted by Crippen LogP contribution is -2.26. The van der Waals surface area contributed by atoms with Crippen molar-refractivity contribution < 1.29 is 34.1 Å². The Hall–Kier alpha value is -4.00. The molecule has 1 aromatic heterocycles. The van der Waals surface area contributed by atoms with Crippen molar-refractivity contribution in [2.75, 3.05) is 18.1 Å². The fourth-order valence-corrected chi connectivity index (χ4v) is 2.74. The Morgan fingerprint density at radius 1 is 1.32 bits per heavy atom. The number of aromatic amines is 1. The lowest BCUT2D eigenvalue weighted by atomic mass is 10.2. The molecule has 2 aromatic rings. The second-order valence-electron chi connectivity index (χ2n) is 6.00. The third kappa shape index (κ3) is 4.04. The fourth-order valence-electron chi connectivity index (χ4n) is 2.74. The molecule has 1 aliphatic heterocycles. The summed E-state index contributed by atoms with van der Waals surface area (Å²) < 4.78 is 10.7. The monoisotopic (exact) mass is 385 g/mol. The third-order valence-corrected chi connectivity index (χ3v) is 4.00. The van der Waals surface area contributed by atoms with E-state index in [0.29, 0.717) is 11.3 Å². The highest BCUT2D eigenvalue weighted by atomic mass is 16.6. The van der Waals surface area contributed by atoms with Crippen LogP contribution in [0.15, 0.2) is 30.3 Å². The van der Waals surface area contributed by atoms with E-state index in [1.807, 2.05) is 6.07 Å². The highest BCUT2D eigenvalue weighted by Crippen LogP contribution is 2.25. The standard InChI is InChI=1S/C18H15N3O7/c19-7-10-1-3-12(4-2-10)21-8-13(28-18(21)26)9-27-14-5-11(6-15(22)23)20-16(14)17(24)25/h1-5,13,20H,6,8-9H2,(H,22,23)(H,24,25). The molecular weight excluding hydrogens is 370 g/mol. The van der Waals surface area contributed by atoms with Crippen LogP contribution in [0.25, 0.3) is 0 Å². The Bertz CT molecular complexity index is 959. The molecule has 0 spiro atoms. The average Bonchev–Trinajstić information content (AvgIpc) is 3.22. The molecule has 1 aromatic carbocycles. The number of ether oxygens (including phenoxy) is 2. The van der Waals surface area contributed by atoms with Gasteiger partial charge in [0, 0.05) is 17.4 Å². The number of carboxylic acid groups (broad SMARTS) is 2. The number of carbonyl (C=O) groups excluding carboxylic acids is 1. The molecule has 0 aliphatic carbocycles. The number of nitriles is 1. The SMILES string of the molecule is N#Cc1ccc(N2CC(COc3cc(CC(=O)O)[nH]c3C(=O)O)OC2=O)cc1. The van der Waals surface area contributed by atoms with Crippen molar-refractivity contribution in [3.05, 3.63) is 47.3 Å². The molecule has 0 bridgehead atoms. The minimum Gasteiger partial charge on any atom is -0.487 e. The van der Waals surface area contributed by atoms with Crippen LogP contribution in [0.1, 0.15) is 21.7 Å². The Balaban J connectivity index is 1.66. The van der Waals surface area contributed by atoms with E-state index in [1.165, 1.54) is 11.0 Å². The summed E-state index contributed by atoms with van der Waals surface area (Å²) in [6.07, 6.45) is -1.62. The number of nitrogens with zero attached hydrogens (tertiary/aromatic N) is 2. The molecule has 1 aliphatic rings. The number of H-pyrrole nitrogens is 1. The van der Waals surface area contributed by atoms with E-state index in [9.17, 15) is 19.5 Å². The van der Waals surface area contributed by atoms with Gasteiger partial charge >= 0.3 is 18.0 Å². The van der Waals surface area contributed by atoms with Gasteiger partial charge in [-0.1, -0.05) is 0 Å². The van der Waals surface area contributed by atoms with Crippen molar-refractivity contribution in [1.82, 2.24) is 4.98 Å². The van der Waals surface area contributed by atoms with Gasteiger partial charge < -0.3 is 24.7 Å². The number of aromatic nitrogens is 1. The normalized spacial score (nSPS) is 15.8. The first-order chi connectivity index (χ1) is 13.4. The van der Waals surface area contributed by atoms with Gasteiger partial charge in [0.1, 0.15) is 6.61 Å². The Labute approximate surface area is 158 Å². The molecule has 3 rings (SSSR count). The lowest BCUT2D eigenvalue weighted by molar-refractivity contribution is -0.136. The van der Waals surface area contributed by atoms with Crippen LogP contribution in [0.4, 0.5) is 10.5 Å². The highest BCUT2D eigenvalue weighted by molar-refractivity contribution is 5.90. The van der Waals surface area contributed by atoms with Crippen molar-refractivity contribution in [1.29, 1.82) is 5.26 Å². The number of cyclic esters (lactones) is 1. The zero-order valence-electron chi connectivity index (χ0n) is 14.4. The van der Waals surface area contributed by atoms with E-state index in [4.69, 9.17) is 19.8 Å². The van der Waals surface area contributed by atoms with E-state index in [1.54, 1.807) is 24.3 Å². The molecule has 3 N–H and O–H groups in total. The number of aromatic carboxylic acids is 1. The third-order valence-electron chi connectivity index (χ3n) is 4.00. The first-order valence-corrected chi connectivity index (χ1v) is 8.15. The molecule has 2 heterocycles. The first-order valence-electron chi connectivity index (χ1n) is 8.15. The van der Waals surface area contributed by atoms with E-state index < -0.39 is 24.1 Å². The Morgan fingerprint density at radius 2 is 2.04 bits per heavy atom. The van der Waals surface area contributed by atoms with Crippen LogP contribution in [0.3, 0.4) is 0 Å². The maximum atomic E-state index is 12.1. The maximum Gasteiger partial charge on any atom is 0.414 e. The smallest absolute Gasteiger partial charge is 0.414 e. The highest BCUT2D eigenvalue weighted by Gasteiger charge is 2.33. The number of anilines is 1. The molecule has 0 radical (unpaired) electrons. The number of aliphatic carboxylic acids is 1. The van der Waals surface area contributed by atoms with Gasteiger partial charge in [0.15, 0.2) is 17.5 Å². The summed E-state index contributed by atoms with van der Waals surface area (Å²) in [6.45, 7) is 0.0721. The molecule has 10 nitrogen and oxygen atoms in total. The summed E-state index contributed by atoms with van der Waals surface area (Å²) in [6, 6.07) is 9.69. The maximum absolute atomic E-state index is 12.1. The van der Waals surface area contributed by atoms with Crippen LogP contribution in [0.5, 0.6) is 5.75 Å². The number of amides is 1. The van der Waals surface area contributed by atoms with Gasteiger partial charge in [-0.05, 0) is 24.3 Å². The predicted molar refractivity (Wildman–Crippen MR) is 93.4 cm³/mol. The average molecular weight is 385 g/mol. The van der Waals surface area contributed by atoms with Crippen molar-refractivity contribution in [3.8, 4) is 11.8 Å². The number of hydrogen-bond acceptors (Lipinski definition) is 6. The number of nitrogens with one attached hydrogen (secondary N) is 1. The van der Waals surface area contributed by atoms with Gasteiger partial charge in [0.2, 0.25) is 0 Å². The lowest BCUT2D eigenvalue weighted by Gasteiger charge is -2.13. The van der Waals surface area contributed by atoms with E-state index >= 15 is 0 Å². The zero-order valence-corrected chi connectivity index (χ0v) is 14.4. The van der Waals surface area contributed by atoms with Gasteiger partial charge in [-0.3, -0.25) is 9.69 Å². The van der Waals surface area contributed by atoms with E-state index in [2.05, 4.69) is 4.98 Å². The van der Waals surface area contributed by atoms with Gasteiger partial charge in [-0.25, -0.2) is 9.59 Å². The van der Waals surface area contributed by atoms with Crippen LogP contribution >= 0.6 is 0 Å². The predicted octanol–water partition coefficient (Wildman–Crippen LogP) is 1.62. The summed E-state index contributed by atoms with van der Waals surface area (Å²) in [5, 5.41) is 26.9. The molecule has 0 saturated carbocycles. The molecule has 1 amide bonds. The summed E-state index contributed by atoms with van der Waals surface area (Å²) in [7, 11) is 0. The van der Waals surface area contributed by atoms with Gasteiger partial charge in [0.05, 0.1) is 24.6 Å². The molecular formula is C18H15N3O7. The van der Waals surface area contributed by atoms with Crippen molar-refractivity contribution >= 4 is 23.7 Å². The Kier molecular flexibility index (Phi) is 5.17. The quantitative estimate of drug-likeness (QED) is 0.650. The number of benzene rings is 1. The number of hydrogen-bond donors (Lipinski definition) is 3. The molecule has 144 valence electrons. The van der Waals surface area contributed by atoms with E-state index in [-0.39, 0.29) is 36.7 Å². The molecule has 1 unspecified atom stereocenters. The van der Waals surface area contributed by atoms with Crippen LogP contribution in [0, 0.1) is 11.3 Å². The molecule has 1 saturated heterocycles. The summed E-state index contributed by atoms with van der Waals surface area (Å²) in [5.41, 5.74) is 0.928. The summed E-state index contributed by atoms with van der Waals surface area (Å²) in [4.78, 5) is 38.0. The minimum absolute atomic E-state index is 0.0309. The van der Waals surface area contributed by atoms with Crippen molar-refractivity contribution in [2.24, 2.45) is 0 Å². The minimum atomic E-state index is -1.30. The number of rotatable bonds is 7. The second kappa shape index (κ2) is 7.71. The number of carbonyl (C=O) groups is 3. The van der Waals surface area contributed by atoms with Crippen LogP contribution < -0.4 is 9.64 Å². The molecule has 28 heavy (non-hydrogen) atoms. The number of carboxylic acids is 2. The van der Waals surface area contributed by atoms with Crippen LogP contribution in [0.2, 0.25) is 0 Å².